The lowest BCUT2D eigenvalue weighted by Crippen LogP contribution is -2.12. The van der Waals surface area contributed by atoms with E-state index in [0.29, 0.717) is 20.0 Å². The van der Waals surface area contributed by atoms with E-state index in [0.717, 1.165) is 4.90 Å². The standard InChI is InChI=1S/C15H10Cl2FN3O2S2/c16-11-7-10(13(17)25-11)14-20-21-15(23-14)19-12(22)5-6-24-9-3-1-8(18)2-4-9/h1-4,7H,5-6H2,(H,19,21,22). The molecule has 0 spiro atoms. The number of carbonyl (C=O) groups excluding carboxylic acids is 1. The molecule has 5 nitrogen and oxygen atoms in total. The van der Waals surface area contributed by atoms with Crippen LogP contribution in [0, 0.1) is 5.82 Å². The van der Waals surface area contributed by atoms with Crippen molar-refractivity contribution >= 4 is 58.2 Å². The second-order valence-corrected chi connectivity index (χ2v) is 8.20. The lowest BCUT2D eigenvalue weighted by molar-refractivity contribution is -0.115. The van der Waals surface area contributed by atoms with Gasteiger partial charge in [0.05, 0.1) is 9.90 Å². The molecule has 0 atom stereocenters. The number of aromatic nitrogens is 2. The molecule has 0 unspecified atom stereocenters. The number of carbonyl (C=O) groups is 1. The Labute approximate surface area is 160 Å². The first-order chi connectivity index (χ1) is 12.0. The number of nitrogens with one attached hydrogen (secondary N) is 1. The van der Waals surface area contributed by atoms with Crippen LogP contribution < -0.4 is 5.32 Å². The highest BCUT2D eigenvalue weighted by molar-refractivity contribution is 7.99. The maximum atomic E-state index is 12.8. The van der Waals surface area contributed by atoms with Crippen LogP contribution in [0.1, 0.15) is 6.42 Å². The Morgan fingerprint density at radius 1 is 1.28 bits per heavy atom. The predicted molar refractivity (Wildman–Crippen MR) is 98.0 cm³/mol. The molecule has 0 radical (unpaired) electrons. The van der Waals surface area contributed by atoms with E-state index in [2.05, 4.69) is 15.5 Å². The van der Waals surface area contributed by atoms with Crippen molar-refractivity contribution in [3.05, 3.63) is 44.8 Å². The molecule has 0 fully saturated rings. The summed E-state index contributed by atoms with van der Waals surface area (Å²) in [6, 6.07) is 7.70. The van der Waals surface area contributed by atoms with Crippen LogP contribution in [0.15, 0.2) is 39.6 Å². The zero-order chi connectivity index (χ0) is 17.8. The number of hydrogen-bond acceptors (Lipinski definition) is 6. The summed E-state index contributed by atoms with van der Waals surface area (Å²) < 4.78 is 19.1. The quantitative estimate of drug-likeness (QED) is 0.546. The van der Waals surface area contributed by atoms with Gasteiger partial charge in [0.25, 0.3) is 5.89 Å². The molecule has 3 aromatic rings. The Balaban J connectivity index is 1.51. The number of anilines is 1. The first-order valence-corrected chi connectivity index (χ1v) is 9.54. The van der Waals surface area contributed by atoms with Crippen molar-refractivity contribution in [1.29, 1.82) is 0 Å². The fourth-order valence-electron chi connectivity index (χ4n) is 1.84. The molecule has 0 aliphatic heterocycles. The number of hydrogen-bond donors (Lipinski definition) is 1. The second-order valence-electron chi connectivity index (χ2n) is 4.75. The van der Waals surface area contributed by atoms with Crippen molar-refractivity contribution < 1.29 is 13.6 Å². The first-order valence-electron chi connectivity index (χ1n) is 6.98. The summed E-state index contributed by atoms with van der Waals surface area (Å²) >= 11 is 14.5. The molecule has 0 bridgehead atoms. The maximum absolute atomic E-state index is 12.8. The molecule has 10 heteroatoms. The van der Waals surface area contributed by atoms with E-state index < -0.39 is 0 Å². The normalized spacial score (nSPS) is 10.8. The van der Waals surface area contributed by atoms with Crippen molar-refractivity contribution in [3.63, 3.8) is 0 Å². The number of amides is 1. The van der Waals surface area contributed by atoms with Crippen LogP contribution >= 0.6 is 46.3 Å². The summed E-state index contributed by atoms with van der Waals surface area (Å²) in [7, 11) is 0. The zero-order valence-corrected chi connectivity index (χ0v) is 15.6. The second kappa shape index (κ2) is 8.18. The van der Waals surface area contributed by atoms with Gasteiger partial charge in [-0.2, -0.15) is 0 Å². The Hall–Kier alpha value is -1.61. The average Bonchev–Trinajstić information content (AvgIpc) is 3.15. The number of rotatable bonds is 6. The van der Waals surface area contributed by atoms with E-state index in [1.165, 1.54) is 35.2 Å². The molecular formula is C15H10Cl2FN3O2S2. The smallest absolute Gasteiger partial charge is 0.322 e. The van der Waals surface area contributed by atoms with Gasteiger partial charge in [-0.1, -0.05) is 28.3 Å². The van der Waals surface area contributed by atoms with E-state index in [-0.39, 0.29) is 30.1 Å². The van der Waals surface area contributed by atoms with Crippen LogP contribution in [0.3, 0.4) is 0 Å². The van der Waals surface area contributed by atoms with Crippen LogP contribution in [-0.4, -0.2) is 21.9 Å². The minimum Gasteiger partial charge on any atom is -0.403 e. The molecule has 0 aliphatic carbocycles. The summed E-state index contributed by atoms with van der Waals surface area (Å²) in [6.45, 7) is 0. The lowest BCUT2D eigenvalue weighted by Gasteiger charge is -2.01. The zero-order valence-electron chi connectivity index (χ0n) is 12.5. The van der Waals surface area contributed by atoms with Crippen molar-refractivity contribution in [2.75, 3.05) is 11.1 Å². The van der Waals surface area contributed by atoms with Crippen LogP contribution in [0.25, 0.3) is 11.5 Å². The third kappa shape index (κ3) is 4.94. The van der Waals surface area contributed by atoms with Crippen LogP contribution in [-0.2, 0) is 4.79 Å². The summed E-state index contributed by atoms with van der Waals surface area (Å²) in [5.41, 5.74) is 0.525. The highest BCUT2D eigenvalue weighted by atomic mass is 35.5. The molecule has 25 heavy (non-hydrogen) atoms. The van der Waals surface area contributed by atoms with Crippen molar-refractivity contribution in [2.45, 2.75) is 11.3 Å². The molecular weight excluding hydrogens is 408 g/mol. The summed E-state index contributed by atoms with van der Waals surface area (Å²) in [6.07, 6.45) is 0.241. The molecule has 0 saturated heterocycles. The van der Waals surface area contributed by atoms with Gasteiger partial charge in [0.1, 0.15) is 10.2 Å². The van der Waals surface area contributed by atoms with Crippen LogP contribution in [0.5, 0.6) is 0 Å². The number of nitrogens with zero attached hydrogens (tertiary/aromatic N) is 2. The first kappa shape index (κ1) is 18.2. The average molecular weight is 418 g/mol. The minimum absolute atomic E-state index is 0.00910. The fraction of sp³-hybridized carbons (Fsp3) is 0.133. The third-order valence-corrected chi connectivity index (χ3v) is 5.47. The molecule has 130 valence electrons. The Morgan fingerprint density at radius 2 is 2.04 bits per heavy atom. The van der Waals surface area contributed by atoms with Crippen molar-refractivity contribution in [3.8, 4) is 11.5 Å². The van der Waals surface area contributed by atoms with Gasteiger partial charge in [0.15, 0.2) is 0 Å². The SMILES string of the molecule is O=C(CCSc1ccc(F)cc1)Nc1nnc(-c2cc(Cl)sc2Cl)o1. The molecule has 3 rings (SSSR count). The highest BCUT2D eigenvalue weighted by Crippen LogP contribution is 2.37. The van der Waals surface area contributed by atoms with Gasteiger partial charge in [-0.05, 0) is 30.3 Å². The van der Waals surface area contributed by atoms with Crippen LogP contribution in [0.4, 0.5) is 10.4 Å². The Bertz CT molecular complexity index is 883. The van der Waals surface area contributed by atoms with Crippen molar-refractivity contribution in [2.24, 2.45) is 0 Å². The van der Waals surface area contributed by atoms with Gasteiger partial charge in [-0.25, -0.2) is 4.39 Å². The van der Waals surface area contributed by atoms with E-state index >= 15 is 0 Å². The molecule has 2 heterocycles. The summed E-state index contributed by atoms with van der Waals surface area (Å²) in [4.78, 5) is 12.8. The number of benzene rings is 1. The molecule has 1 N–H and O–H groups in total. The number of thiophene rings is 1. The topological polar surface area (TPSA) is 68.0 Å². The summed E-state index contributed by atoms with van der Waals surface area (Å²) in [5, 5.41) is 10.1. The van der Waals surface area contributed by atoms with Gasteiger partial charge in [0, 0.05) is 17.1 Å². The van der Waals surface area contributed by atoms with Gasteiger partial charge >= 0.3 is 6.01 Å². The van der Waals surface area contributed by atoms with Gasteiger partial charge in [-0.15, -0.1) is 28.2 Å². The molecule has 1 amide bonds. The largest absolute Gasteiger partial charge is 0.403 e. The van der Waals surface area contributed by atoms with Crippen molar-refractivity contribution in [1.82, 2.24) is 10.2 Å². The third-order valence-electron chi connectivity index (χ3n) is 2.97. The Morgan fingerprint density at radius 3 is 2.72 bits per heavy atom. The van der Waals surface area contributed by atoms with E-state index in [1.54, 1.807) is 18.2 Å². The highest BCUT2D eigenvalue weighted by Gasteiger charge is 2.16. The number of thioether (sulfide) groups is 1. The van der Waals surface area contributed by atoms with Gasteiger partial charge < -0.3 is 4.42 Å². The maximum Gasteiger partial charge on any atom is 0.322 e. The Kier molecular flexibility index (Phi) is 5.95. The summed E-state index contributed by atoms with van der Waals surface area (Å²) in [5.74, 6) is 0.162. The monoisotopic (exact) mass is 417 g/mol. The predicted octanol–water partition coefficient (Wildman–Crippen LogP) is 5.36. The fourth-order valence-corrected chi connectivity index (χ4v) is 4.14. The lowest BCUT2D eigenvalue weighted by atomic mass is 10.3. The minimum atomic E-state index is -0.290. The molecule has 1 aromatic carbocycles. The number of halogens is 3. The molecule has 0 saturated carbocycles. The molecule has 2 aromatic heterocycles. The van der Waals surface area contributed by atoms with Crippen LogP contribution in [0.2, 0.25) is 8.67 Å². The van der Waals surface area contributed by atoms with E-state index in [9.17, 15) is 9.18 Å². The molecule has 0 aliphatic rings. The van der Waals surface area contributed by atoms with Gasteiger partial charge in [-0.3, -0.25) is 10.1 Å². The van der Waals surface area contributed by atoms with E-state index in [1.807, 2.05) is 0 Å². The van der Waals surface area contributed by atoms with Gasteiger partial charge in [0.2, 0.25) is 5.91 Å². The van der Waals surface area contributed by atoms with E-state index in [4.69, 9.17) is 27.6 Å².